The average molecular weight is 449 g/mol. The van der Waals surface area contributed by atoms with Gasteiger partial charge in [-0.3, -0.25) is 9.59 Å². The maximum absolute atomic E-state index is 13.9. The van der Waals surface area contributed by atoms with Gasteiger partial charge >= 0.3 is 0 Å². The van der Waals surface area contributed by atoms with Crippen LogP contribution >= 0.6 is 0 Å². The zero-order valence-corrected chi connectivity index (χ0v) is 19.3. The van der Waals surface area contributed by atoms with E-state index < -0.39 is 5.91 Å². The van der Waals surface area contributed by atoms with E-state index in [1.165, 1.54) is 4.90 Å². The Kier molecular flexibility index (Phi) is 5.38. The highest BCUT2D eigenvalue weighted by atomic mass is 16.5. The van der Waals surface area contributed by atoms with Crippen LogP contribution in [-0.2, 0) is 9.59 Å². The molecular formula is C29H24N2O3. The van der Waals surface area contributed by atoms with Gasteiger partial charge in [-0.1, -0.05) is 66.7 Å². The Morgan fingerprint density at radius 3 is 2.35 bits per heavy atom. The molecule has 0 aromatic heterocycles. The molecule has 0 radical (unpaired) electrons. The Bertz CT molecular complexity index is 1480. The number of nitrogens with one attached hydrogen (secondary N) is 1. The molecular weight excluding hydrogens is 424 g/mol. The van der Waals surface area contributed by atoms with E-state index in [2.05, 4.69) is 5.32 Å². The van der Waals surface area contributed by atoms with Crippen LogP contribution in [0.1, 0.15) is 16.7 Å². The van der Waals surface area contributed by atoms with Gasteiger partial charge in [0.25, 0.3) is 11.8 Å². The summed E-state index contributed by atoms with van der Waals surface area (Å²) < 4.78 is 5.55. The normalized spacial score (nSPS) is 13.7. The number of anilines is 2. The minimum atomic E-state index is -0.396. The van der Waals surface area contributed by atoms with Crippen LogP contribution in [0, 0.1) is 13.8 Å². The SMILES string of the molecule is COc1ccccc1C1=C(Nc2cccc3ccccc23)C(=O)N(c2cc(C)ccc2C)C1=O. The van der Waals surface area contributed by atoms with Gasteiger partial charge in [0, 0.05) is 16.6 Å². The number of imide groups is 1. The van der Waals surface area contributed by atoms with E-state index in [1.807, 2.05) is 86.6 Å². The van der Waals surface area contributed by atoms with Crippen molar-refractivity contribution in [3.63, 3.8) is 0 Å². The van der Waals surface area contributed by atoms with E-state index in [4.69, 9.17) is 4.74 Å². The fraction of sp³-hybridized carbons (Fsp3) is 0.103. The van der Waals surface area contributed by atoms with Crippen LogP contribution in [0.5, 0.6) is 5.75 Å². The highest BCUT2D eigenvalue weighted by molar-refractivity contribution is 6.46. The highest BCUT2D eigenvalue weighted by Gasteiger charge is 2.41. The Hall–Kier alpha value is -4.38. The van der Waals surface area contributed by atoms with Crippen LogP contribution in [-0.4, -0.2) is 18.9 Å². The first-order valence-electron chi connectivity index (χ1n) is 11.1. The maximum atomic E-state index is 13.9. The zero-order valence-electron chi connectivity index (χ0n) is 19.3. The first-order valence-corrected chi connectivity index (χ1v) is 11.1. The lowest BCUT2D eigenvalue weighted by Gasteiger charge is -2.19. The minimum absolute atomic E-state index is 0.228. The lowest BCUT2D eigenvalue weighted by Crippen LogP contribution is -2.33. The van der Waals surface area contributed by atoms with Crippen molar-refractivity contribution in [2.75, 3.05) is 17.3 Å². The molecule has 0 unspecified atom stereocenters. The number of fused-ring (bicyclic) bond motifs is 1. The number of nitrogens with zero attached hydrogens (tertiary/aromatic N) is 1. The van der Waals surface area contributed by atoms with E-state index in [-0.39, 0.29) is 17.2 Å². The molecule has 0 atom stereocenters. The van der Waals surface area contributed by atoms with Crippen molar-refractivity contribution in [2.45, 2.75) is 13.8 Å². The van der Waals surface area contributed by atoms with Gasteiger partial charge in [-0.2, -0.15) is 0 Å². The topological polar surface area (TPSA) is 58.6 Å². The van der Waals surface area contributed by atoms with Gasteiger partial charge in [0.05, 0.1) is 18.4 Å². The molecule has 5 nitrogen and oxygen atoms in total. The summed E-state index contributed by atoms with van der Waals surface area (Å²) in [6.07, 6.45) is 0. The quantitative estimate of drug-likeness (QED) is 0.389. The molecule has 4 aromatic carbocycles. The Labute approximate surface area is 198 Å². The van der Waals surface area contributed by atoms with Crippen LogP contribution in [0.25, 0.3) is 16.3 Å². The average Bonchev–Trinajstić information content (AvgIpc) is 3.09. The number of aryl methyl sites for hydroxylation is 2. The largest absolute Gasteiger partial charge is 0.496 e. The van der Waals surface area contributed by atoms with Gasteiger partial charge in [0.15, 0.2) is 0 Å². The molecule has 0 bridgehead atoms. The summed E-state index contributed by atoms with van der Waals surface area (Å²) in [6.45, 7) is 3.84. The first-order chi connectivity index (χ1) is 16.5. The maximum Gasteiger partial charge on any atom is 0.282 e. The molecule has 168 valence electrons. The summed E-state index contributed by atoms with van der Waals surface area (Å²) in [5.41, 5.74) is 4.23. The van der Waals surface area contributed by atoms with Crippen LogP contribution in [0.3, 0.4) is 0 Å². The third kappa shape index (κ3) is 3.52. The summed E-state index contributed by atoms with van der Waals surface area (Å²) in [4.78, 5) is 29.0. The Morgan fingerprint density at radius 1 is 0.794 bits per heavy atom. The number of amides is 2. The molecule has 2 amide bonds. The number of hydrogen-bond acceptors (Lipinski definition) is 4. The Morgan fingerprint density at radius 2 is 1.53 bits per heavy atom. The van der Waals surface area contributed by atoms with Gasteiger partial charge in [0.1, 0.15) is 11.4 Å². The lowest BCUT2D eigenvalue weighted by molar-refractivity contribution is -0.120. The summed E-state index contributed by atoms with van der Waals surface area (Å²) >= 11 is 0. The summed E-state index contributed by atoms with van der Waals surface area (Å²) in [5.74, 6) is -0.253. The van der Waals surface area contributed by atoms with Crippen molar-refractivity contribution in [3.05, 3.63) is 107 Å². The second-order valence-corrected chi connectivity index (χ2v) is 8.34. The lowest BCUT2D eigenvalue weighted by atomic mass is 10.0. The first kappa shape index (κ1) is 21.5. The number of benzene rings is 4. The van der Waals surface area contributed by atoms with Crippen LogP contribution in [0.2, 0.25) is 0 Å². The molecule has 5 rings (SSSR count). The second-order valence-electron chi connectivity index (χ2n) is 8.34. The predicted octanol–water partition coefficient (Wildman–Crippen LogP) is 5.86. The van der Waals surface area contributed by atoms with E-state index in [0.29, 0.717) is 17.0 Å². The number of carbonyl (C=O) groups excluding carboxylic acids is 2. The third-order valence-electron chi connectivity index (χ3n) is 6.12. The number of hydrogen-bond donors (Lipinski definition) is 1. The van der Waals surface area contributed by atoms with Gasteiger partial charge in [-0.25, -0.2) is 4.90 Å². The standard InChI is InChI=1S/C29H24N2O3/c1-18-15-16-19(2)24(17-18)31-28(32)26(22-12-6-7-14-25(22)34-3)27(29(31)33)30-23-13-8-10-20-9-4-5-11-21(20)23/h4-17,30H,1-3H3. The van der Waals surface area contributed by atoms with Crippen molar-refractivity contribution in [3.8, 4) is 5.75 Å². The molecule has 0 fully saturated rings. The van der Waals surface area contributed by atoms with Crippen LogP contribution in [0.15, 0.2) is 90.6 Å². The second kappa shape index (κ2) is 8.52. The monoisotopic (exact) mass is 448 g/mol. The number of para-hydroxylation sites is 1. The van der Waals surface area contributed by atoms with Crippen molar-refractivity contribution >= 4 is 39.5 Å². The molecule has 4 aromatic rings. The summed E-state index contributed by atoms with van der Waals surface area (Å²) in [7, 11) is 1.56. The summed E-state index contributed by atoms with van der Waals surface area (Å²) in [5, 5.41) is 5.31. The van der Waals surface area contributed by atoms with Crippen molar-refractivity contribution < 1.29 is 14.3 Å². The van der Waals surface area contributed by atoms with Crippen molar-refractivity contribution in [1.29, 1.82) is 0 Å². The smallest absolute Gasteiger partial charge is 0.282 e. The molecule has 1 aliphatic rings. The molecule has 0 spiro atoms. The molecule has 0 aliphatic carbocycles. The molecule has 1 heterocycles. The number of rotatable bonds is 5. The van der Waals surface area contributed by atoms with Gasteiger partial charge < -0.3 is 10.1 Å². The molecule has 1 N–H and O–H groups in total. The van der Waals surface area contributed by atoms with Crippen LogP contribution < -0.4 is 15.0 Å². The van der Waals surface area contributed by atoms with E-state index in [1.54, 1.807) is 19.2 Å². The van der Waals surface area contributed by atoms with Crippen LogP contribution in [0.4, 0.5) is 11.4 Å². The zero-order chi connectivity index (χ0) is 23.8. The summed E-state index contributed by atoms with van der Waals surface area (Å²) in [6, 6.07) is 26.8. The van der Waals surface area contributed by atoms with E-state index in [9.17, 15) is 9.59 Å². The molecule has 34 heavy (non-hydrogen) atoms. The highest BCUT2D eigenvalue weighted by Crippen LogP contribution is 2.39. The van der Waals surface area contributed by atoms with Crippen molar-refractivity contribution in [2.24, 2.45) is 0 Å². The van der Waals surface area contributed by atoms with Gasteiger partial charge in [-0.15, -0.1) is 0 Å². The third-order valence-corrected chi connectivity index (χ3v) is 6.12. The molecule has 0 saturated carbocycles. The van der Waals surface area contributed by atoms with Gasteiger partial charge in [-0.05, 0) is 48.6 Å². The molecule has 0 saturated heterocycles. The van der Waals surface area contributed by atoms with Crippen molar-refractivity contribution in [1.82, 2.24) is 0 Å². The van der Waals surface area contributed by atoms with E-state index >= 15 is 0 Å². The van der Waals surface area contributed by atoms with E-state index in [0.717, 1.165) is 27.6 Å². The molecule has 5 heteroatoms. The minimum Gasteiger partial charge on any atom is -0.496 e. The predicted molar refractivity (Wildman–Crippen MR) is 136 cm³/mol. The fourth-order valence-corrected chi connectivity index (χ4v) is 4.39. The molecule has 1 aliphatic heterocycles. The van der Waals surface area contributed by atoms with Gasteiger partial charge in [0.2, 0.25) is 0 Å². The number of methoxy groups -OCH3 is 1. The Balaban J connectivity index is 1.71. The number of carbonyl (C=O) groups is 2. The fourth-order valence-electron chi connectivity index (χ4n) is 4.39. The number of ether oxygens (including phenoxy) is 1.